The first-order valence-corrected chi connectivity index (χ1v) is 6.56. The van der Waals surface area contributed by atoms with Crippen molar-refractivity contribution in [3.8, 4) is 17.0 Å². The van der Waals surface area contributed by atoms with Gasteiger partial charge in [0.15, 0.2) is 5.69 Å². The predicted molar refractivity (Wildman–Crippen MR) is 75.5 cm³/mol. The van der Waals surface area contributed by atoms with Crippen LogP contribution in [0.5, 0.6) is 5.75 Å². The Hall–Kier alpha value is -2.41. The van der Waals surface area contributed by atoms with Gasteiger partial charge in [-0.2, -0.15) is 0 Å². The number of benzene rings is 1. The first-order valence-electron chi connectivity index (χ1n) is 6.56. The Balaban J connectivity index is 2.42. The molecule has 0 unspecified atom stereocenters. The van der Waals surface area contributed by atoms with Gasteiger partial charge in [0, 0.05) is 12.2 Å². The maximum Gasteiger partial charge on any atom is 0.358 e. The molecule has 0 atom stereocenters. The second-order valence-corrected chi connectivity index (χ2v) is 4.24. The van der Waals surface area contributed by atoms with Crippen molar-refractivity contribution in [1.82, 2.24) is 15.0 Å². The van der Waals surface area contributed by atoms with Crippen LogP contribution in [0.4, 0.5) is 0 Å². The van der Waals surface area contributed by atoms with E-state index in [1.165, 1.54) is 4.68 Å². The van der Waals surface area contributed by atoms with Crippen LogP contribution in [0.1, 0.15) is 17.4 Å². The molecule has 0 spiro atoms. The van der Waals surface area contributed by atoms with Gasteiger partial charge in [-0.15, -0.1) is 5.10 Å². The summed E-state index contributed by atoms with van der Waals surface area (Å²) in [6.07, 6.45) is 0. The lowest BCUT2D eigenvalue weighted by Gasteiger charge is -2.08. The van der Waals surface area contributed by atoms with E-state index in [1.807, 2.05) is 6.92 Å². The summed E-state index contributed by atoms with van der Waals surface area (Å²) in [7, 11) is 1.56. The third kappa shape index (κ3) is 3.38. The number of hydrogen-bond donors (Lipinski definition) is 1. The van der Waals surface area contributed by atoms with E-state index in [2.05, 4.69) is 10.3 Å². The normalized spacial score (nSPS) is 10.6. The molecule has 0 aliphatic heterocycles. The molecule has 1 aromatic heterocycles. The van der Waals surface area contributed by atoms with Gasteiger partial charge in [-0.3, -0.25) is 0 Å². The summed E-state index contributed by atoms with van der Waals surface area (Å²) < 4.78 is 12.0. The monoisotopic (exact) mass is 291 g/mol. The maximum atomic E-state index is 11.3. The molecule has 0 radical (unpaired) electrons. The van der Waals surface area contributed by atoms with Crippen LogP contribution in [0.25, 0.3) is 11.3 Å². The SMILES string of the molecule is CCOCCn1nnc(C(=O)O)c1-c1cccc(OC)c1. The van der Waals surface area contributed by atoms with E-state index in [9.17, 15) is 9.90 Å². The quantitative estimate of drug-likeness (QED) is 0.781. The Bertz CT molecular complexity index is 624. The number of hydrogen-bond acceptors (Lipinski definition) is 5. The molecule has 112 valence electrons. The molecular formula is C14H17N3O4. The van der Waals surface area contributed by atoms with E-state index in [0.29, 0.717) is 36.8 Å². The van der Waals surface area contributed by atoms with Gasteiger partial charge in [-0.25, -0.2) is 9.48 Å². The highest BCUT2D eigenvalue weighted by molar-refractivity contribution is 5.92. The van der Waals surface area contributed by atoms with Gasteiger partial charge < -0.3 is 14.6 Å². The van der Waals surface area contributed by atoms with Crippen LogP contribution in [0.3, 0.4) is 0 Å². The number of methoxy groups -OCH3 is 1. The van der Waals surface area contributed by atoms with Gasteiger partial charge in [0.1, 0.15) is 11.4 Å². The molecule has 0 fully saturated rings. The van der Waals surface area contributed by atoms with E-state index < -0.39 is 5.97 Å². The van der Waals surface area contributed by atoms with Gasteiger partial charge in [0.25, 0.3) is 0 Å². The Morgan fingerprint density at radius 3 is 2.90 bits per heavy atom. The Morgan fingerprint density at radius 2 is 2.24 bits per heavy atom. The van der Waals surface area contributed by atoms with Crippen LogP contribution in [0, 0.1) is 0 Å². The highest BCUT2D eigenvalue weighted by Crippen LogP contribution is 2.26. The van der Waals surface area contributed by atoms with Crippen molar-refractivity contribution < 1.29 is 19.4 Å². The van der Waals surface area contributed by atoms with Crippen molar-refractivity contribution in [2.45, 2.75) is 13.5 Å². The summed E-state index contributed by atoms with van der Waals surface area (Å²) in [5, 5.41) is 16.9. The fourth-order valence-electron chi connectivity index (χ4n) is 1.97. The number of carbonyl (C=O) groups is 1. The van der Waals surface area contributed by atoms with Gasteiger partial charge >= 0.3 is 5.97 Å². The van der Waals surface area contributed by atoms with E-state index in [0.717, 1.165) is 0 Å². The molecule has 1 aromatic carbocycles. The number of aromatic carboxylic acids is 1. The fourth-order valence-corrected chi connectivity index (χ4v) is 1.97. The number of ether oxygens (including phenoxy) is 2. The molecule has 0 amide bonds. The zero-order chi connectivity index (χ0) is 15.2. The van der Waals surface area contributed by atoms with Crippen LogP contribution in [-0.4, -0.2) is 46.4 Å². The summed E-state index contributed by atoms with van der Waals surface area (Å²) in [5.41, 5.74) is 1.05. The average molecular weight is 291 g/mol. The number of carboxylic acid groups (broad SMARTS) is 1. The lowest BCUT2D eigenvalue weighted by atomic mass is 10.1. The van der Waals surface area contributed by atoms with Gasteiger partial charge in [0.2, 0.25) is 0 Å². The molecule has 2 aromatic rings. The summed E-state index contributed by atoms with van der Waals surface area (Å²) in [6, 6.07) is 7.13. The van der Waals surface area contributed by atoms with Crippen molar-refractivity contribution in [2.24, 2.45) is 0 Å². The summed E-state index contributed by atoms with van der Waals surface area (Å²) in [5.74, 6) is -0.475. The zero-order valence-electron chi connectivity index (χ0n) is 11.9. The average Bonchev–Trinajstić information content (AvgIpc) is 2.92. The van der Waals surface area contributed by atoms with Crippen molar-refractivity contribution >= 4 is 5.97 Å². The van der Waals surface area contributed by atoms with Crippen LogP contribution < -0.4 is 4.74 Å². The third-order valence-corrected chi connectivity index (χ3v) is 2.93. The largest absolute Gasteiger partial charge is 0.497 e. The topological polar surface area (TPSA) is 86.5 Å². The molecule has 0 saturated heterocycles. The molecule has 1 N–H and O–H groups in total. The van der Waals surface area contributed by atoms with E-state index in [-0.39, 0.29) is 5.69 Å². The highest BCUT2D eigenvalue weighted by atomic mass is 16.5. The first kappa shape index (κ1) is 15.0. The van der Waals surface area contributed by atoms with Crippen LogP contribution in [-0.2, 0) is 11.3 Å². The number of carboxylic acids is 1. The van der Waals surface area contributed by atoms with Crippen LogP contribution in [0.15, 0.2) is 24.3 Å². The maximum absolute atomic E-state index is 11.3. The Labute approximate surface area is 122 Å². The predicted octanol–water partition coefficient (Wildman–Crippen LogP) is 1.69. The smallest absolute Gasteiger partial charge is 0.358 e. The second kappa shape index (κ2) is 6.85. The number of rotatable bonds is 7. The lowest BCUT2D eigenvalue weighted by molar-refractivity contribution is 0.0691. The van der Waals surface area contributed by atoms with Crippen molar-refractivity contribution in [3.05, 3.63) is 30.0 Å². The second-order valence-electron chi connectivity index (χ2n) is 4.24. The van der Waals surface area contributed by atoms with Gasteiger partial charge in [0.05, 0.1) is 20.3 Å². The van der Waals surface area contributed by atoms with Crippen LogP contribution >= 0.6 is 0 Å². The Kier molecular flexibility index (Phi) is 4.89. The summed E-state index contributed by atoms with van der Waals surface area (Å²) in [4.78, 5) is 11.3. The summed E-state index contributed by atoms with van der Waals surface area (Å²) >= 11 is 0. The summed E-state index contributed by atoms with van der Waals surface area (Å²) in [6.45, 7) is 3.36. The van der Waals surface area contributed by atoms with Gasteiger partial charge in [-0.1, -0.05) is 17.3 Å². The Morgan fingerprint density at radius 1 is 1.43 bits per heavy atom. The van der Waals surface area contributed by atoms with Crippen molar-refractivity contribution in [2.75, 3.05) is 20.3 Å². The van der Waals surface area contributed by atoms with E-state index in [1.54, 1.807) is 31.4 Å². The van der Waals surface area contributed by atoms with E-state index >= 15 is 0 Å². The molecule has 0 bridgehead atoms. The molecular weight excluding hydrogens is 274 g/mol. The molecule has 1 heterocycles. The fraction of sp³-hybridized carbons (Fsp3) is 0.357. The minimum Gasteiger partial charge on any atom is -0.497 e. The van der Waals surface area contributed by atoms with E-state index in [4.69, 9.17) is 9.47 Å². The van der Waals surface area contributed by atoms with Gasteiger partial charge in [-0.05, 0) is 19.1 Å². The standard InChI is InChI=1S/C14H17N3O4/c1-3-21-8-7-17-13(12(14(18)19)15-16-17)10-5-4-6-11(9-10)20-2/h4-6,9H,3,7-8H2,1-2H3,(H,18,19). The van der Waals surface area contributed by atoms with Crippen LogP contribution in [0.2, 0.25) is 0 Å². The zero-order valence-corrected chi connectivity index (χ0v) is 11.9. The van der Waals surface area contributed by atoms with Crippen molar-refractivity contribution in [1.29, 1.82) is 0 Å². The molecule has 0 aliphatic carbocycles. The third-order valence-electron chi connectivity index (χ3n) is 2.93. The minimum atomic E-state index is -1.12. The number of aromatic nitrogens is 3. The number of nitrogens with zero attached hydrogens (tertiary/aromatic N) is 3. The molecule has 21 heavy (non-hydrogen) atoms. The first-order chi connectivity index (χ1) is 10.2. The molecule has 7 nitrogen and oxygen atoms in total. The molecule has 0 saturated carbocycles. The molecule has 2 rings (SSSR count). The molecule has 0 aliphatic rings. The molecule has 7 heteroatoms. The lowest BCUT2D eigenvalue weighted by Crippen LogP contribution is -2.10. The highest BCUT2D eigenvalue weighted by Gasteiger charge is 2.20. The minimum absolute atomic E-state index is 0.0836. The van der Waals surface area contributed by atoms with Crippen molar-refractivity contribution in [3.63, 3.8) is 0 Å².